The summed E-state index contributed by atoms with van der Waals surface area (Å²) in [7, 11) is 0. The number of phenols is 1. The third-order valence-electron chi connectivity index (χ3n) is 2.93. The second-order valence-electron chi connectivity index (χ2n) is 4.57. The summed E-state index contributed by atoms with van der Waals surface area (Å²) in [6.45, 7) is 3.64. The highest BCUT2D eigenvalue weighted by molar-refractivity contribution is 5.94. The number of benzene rings is 2. The topological polar surface area (TPSA) is 61.7 Å². The molecule has 2 aromatic carbocycles. The lowest BCUT2D eigenvalue weighted by molar-refractivity contribution is 0.0955. The van der Waals surface area contributed by atoms with Crippen molar-refractivity contribution in [2.45, 2.75) is 13.8 Å². The monoisotopic (exact) mass is 268 g/mol. The Kier molecular flexibility index (Phi) is 4.15. The van der Waals surface area contributed by atoms with Gasteiger partial charge in [0.05, 0.1) is 6.21 Å². The third-order valence-corrected chi connectivity index (χ3v) is 2.93. The van der Waals surface area contributed by atoms with Crippen molar-refractivity contribution in [1.29, 1.82) is 0 Å². The number of hydrogen-bond donors (Lipinski definition) is 2. The Hall–Kier alpha value is -2.62. The number of carbonyl (C=O) groups excluding carboxylic acids is 1. The van der Waals surface area contributed by atoms with E-state index in [4.69, 9.17) is 0 Å². The van der Waals surface area contributed by atoms with Gasteiger partial charge in [-0.2, -0.15) is 5.10 Å². The van der Waals surface area contributed by atoms with Gasteiger partial charge in [-0.15, -0.1) is 0 Å². The Bertz CT molecular complexity index is 626. The van der Waals surface area contributed by atoms with Crippen LogP contribution in [0.15, 0.2) is 47.6 Å². The minimum atomic E-state index is -0.255. The molecule has 0 unspecified atom stereocenters. The van der Waals surface area contributed by atoms with Crippen molar-refractivity contribution in [2.24, 2.45) is 5.10 Å². The lowest BCUT2D eigenvalue weighted by atomic mass is 10.1. The number of carbonyl (C=O) groups is 1. The highest BCUT2D eigenvalue weighted by Crippen LogP contribution is 2.21. The number of nitrogens with zero attached hydrogens (tertiary/aromatic N) is 1. The molecule has 1 amide bonds. The summed E-state index contributed by atoms with van der Waals surface area (Å²) in [5, 5.41) is 13.6. The number of nitrogens with one attached hydrogen (secondary N) is 1. The van der Waals surface area contributed by atoms with Crippen LogP contribution in [0.2, 0.25) is 0 Å². The molecule has 4 heteroatoms. The summed E-state index contributed by atoms with van der Waals surface area (Å²) in [4.78, 5) is 11.8. The molecule has 0 radical (unpaired) electrons. The van der Waals surface area contributed by atoms with Gasteiger partial charge < -0.3 is 5.11 Å². The fraction of sp³-hybridized carbons (Fsp3) is 0.125. The molecular weight excluding hydrogens is 252 g/mol. The maximum absolute atomic E-state index is 11.8. The van der Waals surface area contributed by atoms with Crippen LogP contribution in [0.5, 0.6) is 5.75 Å². The van der Waals surface area contributed by atoms with Crippen LogP contribution >= 0.6 is 0 Å². The number of aromatic hydroxyl groups is 1. The van der Waals surface area contributed by atoms with E-state index in [1.165, 1.54) is 0 Å². The van der Waals surface area contributed by atoms with Gasteiger partial charge in [-0.1, -0.05) is 18.2 Å². The standard InChI is InChI=1S/C16H16N2O2/c1-11-8-13(9-12(2)15(11)19)10-17-18-16(20)14-6-4-3-5-7-14/h3-10,19H,1-2H3,(H,18,20)/b17-10+. The van der Waals surface area contributed by atoms with Gasteiger partial charge in [0.2, 0.25) is 0 Å². The highest BCUT2D eigenvalue weighted by atomic mass is 16.3. The minimum absolute atomic E-state index is 0.255. The number of phenolic OH excluding ortho intramolecular Hbond substituents is 1. The molecule has 4 nitrogen and oxygen atoms in total. The first-order valence-corrected chi connectivity index (χ1v) is 6.26. The van der Waals surface area contributed by atoms with Gasteiger partial charge in [-0.25, -0.2) is 5.43 Å². The Balaban J connectivity index is 2.06. The normalized spacial score (nSPS) is 10.7. The molecule has 0 atom stereocenters. The van der Waals surface area contributed by atoms with Crippen molar-refractivity contribution in [3.8, 4) is 5.75 Å². The molecule has 0 spiro atoms. The zero-order chi connectivity index (χ0) is 14.5. The molecule has 102 valence electrons. The largest absolute Gasteiger partial charge is 0.507 e. The maximum Gasteiger partial charge on any atom is 0.271 e. The molecule has 0 aliphatic heterocycles. The van der Waals surface area contributed by atoms with E-state index in [9.17, 15) is 9.90 Å². The summed E-state index contributed by atoms with van der Waals surface area (Å²) in [5.74, 6) is 0.0320. The van der Waals surface area contributed by atoms with Crippen LogP contribution < -0.4 is 5.43 Å². The van der Waals surface area contributed by atoms with E-state index >= 15 is 0 Å². The molecule has 0 aliphatic rings. The SMILES string of the molecule is Cc1cc(/C=N/NC(=O)c2ccccc2)cc(C)c1O. The van der Waals surface area contributed by atoms with Gasteiger partial charge in [0, 0.05) is 5.56 Å². The summed E-state index contributed by atoms with van der Waals surface area (Å²) >= 11 is 0. The number of hydrogen-bond acceptors (Lipinski definition) is 3. The summed E-state index contributed by atoms with van der Waals surface area (Å²) in [6.07, 6.45) is 1.56. The lowest BCUT2D eigenvalue weighted by Gasteiger charge is -2.04. The summed E-state index contributed by atoms with van der Waals surface area (Å²) < 4.78 is 0. The molecule has 2 aromatic rings. The molecule has 0 fully saturated rings. The summed E-state index contributed by atoms with van der Waals surface area (Å²) in [6, 6.07) is 12.5. The first kappa shape index (κ1) is 13.8. The predicted molar refractivity (Wildman–Crippen MR) is 79.1 cm³/mol. The second-order valence-corrected chi connectivity index (χ2v) is 4.57. The van der Waals surface area contributed by atoms with Crippen molar-refractivity contribution in [1.82, 2.24) is 5.43 Å². The molecule has 20 heavy (non-hydrogen) atoms. The Morgan fingerprint density at radius 2 is 1.75 bits per heavy atom. The van der Waals surface area contributed by atoms with Gasteiger partial charge in [0.15, 0.2) is 0 Å². The summed E-state index contributed by atoms with van der Waals surface area (Å²) in [5.41, 5.74) is 5.41. The lowest BCUT2D eigenvalue weighted by Crippen LogP contribution is -2.17. The van der Waals surface area contributed by atoms with Crippen LogP contribution in [-0.2, 0) is 0 Å². The van der Waals surface area contributed by atoms with Crippen molar-refractivity contribution in [3.05, 3.63) is 64.7 Å². The molecular formula is C16H16N2O2. The molecule has 0 aromatic heterocycles. The fourth-order valence-electron chi connectivity index (χ4n) is 1.88. The second kappa shape index (κ2) is 6.02. The molecule has 0 saturated heterocycles. The number of aryl methyl sites for hydroxylation is 2. The van der Waals surface area contributed by atoms with E-state index in [1.807, 2.05) is 19.9 Å². The van der Waals surface area contributed by atoms with Crippen molar-refractivity contribution >= 4 is 12.1 Å². The average molecular weight is 268 g/mol. The van der Waals surface area contributed by atoms with Crippen LogP contribution in [0.3, 0.4) is 0 Å². The van der Waals surface area contributed by atoms with Gasteiger partial charge >= 0.3 is 0 Å². The van der Waals surface area contributed by atoms with Crippen molar-refractivity contribution in [2.75, 3.05) is 0 Å². The predicted octanol–water partition coefficient (Wildman–Crippen LogP) is 2.77. The van der Waals surface area contributed by atoms with E-state index in [2.05, 4.69) is 10.5 Å². The third kappa shape index (κ3) is 3.23. The first-order chi connectivity index (χ1) is 9.58. The van der Waals surface area contributed by atoms with E-state index in [-0.39, 0.29) is 11.7 Å². The smallest absolute Gasteiger partial charge is 0.271 e. The number of hydrazone groups is 1. The fourth-order valence-corrected chi connectivity index (χ4v) is 1.88. The van der Waals surface area contributed by atoms with Crippen molar-refractivity contribution in [3.63, 3.8) is 0 Å². The Morgan fingerprint density at radius 3 is 2.35 bits per heavy atom. The Labute approximate surface area is 117 Å². The van der Waals surface area contributed by atoms with E-state index in [1.54, 1.807) is 42.6 Å². The van der Waals surface area contributed by atoms with Crippen LogP contribution in [0.25, 0.3) is 0 Å². The molecule has 2 rings (SSSR count). The highest BCUT2D eigenvalue weighted by Gasteiger charge is 2.03. The van der Waals surface area contributed by atoms with E-state index < -0.39 is 0 Å². The van der Waals surface area contributed by atoms with Gasteiger partial charge in [-0.3, -0.25) is 4.79 Å². The number of amides is 1. The van der Waals surface area contributed by atoms with Crippen LogP contribution in [0.1, 0.15) is 27.0 Å². The van der Waals surface area contributed by atoms with E-state index in [0.29, 0.717) is 5.56 Å². The first-order valence-electron chi connectivity index (χ1n) is 6.26. The minimum Gasteiger partial charge on any atom is -0.507 e. The van der Waals surface area contributed by atoms with Crippen LogP contribution in [-0.4, -0.2) is 17.2 Å². The number of rotatable bonds is 3. The van der Waals surface area contributed by atoms with Crippen LogP contribution in [0.4, 0.5) is 0 Å². The molecule has 2 N–H and O–H groups in total. The van der Waals surface area contributed by atoms with E-state index in [0.717, 1.165) is 16.7 Å². The molecule has 0 bridgehead atoms. The zero-order valence-corrected chi connectivity index (χ0v) is 11.4. The molecule has 0 saturated carbocycles. The molecule has 0 aliphatic carbocycles. The van der Waals surface area contributed by atoms with Crippen molar-refractivity contribution < 1.29 is 9.90 Å². The quantitative estimate of drug-likeness (QED) is 0.664. The Morgan fingerprint density at radius 1 is 1.15 bits per heavy atom. The van der Waals surface area contributed by atoms with Gasteiger partial charge in [0.1, 0.15) is 5.75 Å². The van der Waals surface area contributed by atoms with Gasteiger partial charge in [0.25, 0.3) is 5.91 Å². The zero-order valence-electron chi connectivity index (χ0n) is 11.4. The van der Waals surface area contributed by atoms with Crippen LogP contribution in [0, 0.1) is 13.8 Å². The molecule has 0 heterocycles. The maximum atomic E-state index is 11.8. The average Bonchev–Trinajstić information content (AvgIpc) is 2.45. The van der Waals surface area contributed by atoms with Gasteiger partial charge in [-0.05, 0) is 54.8 Å².